The van der Waals surface area contributed by atoms with E-state index in [1.54, 1.807) is 16.8 Å². The van der Waals surface area contributed by atoms with Gasteiger partial charge in [0.15, 0.2) is 0 Å². The lowest BCUT2D eigenvalue weighted by atomic mass is 9.81. The summed E-state index contributed by atoms with van der Waals surface area (Å²) in [5.41, 5.74) is 1.74. The average molecular weight is 330 g/mol. The number of carbonyl (C=O) groups is 1. The molecule has 1 aliphatic carbocycles. The van der Waals surface area contributed by atoms with Crippen molar-refractivity contribution < 1.29 is 9.18 Å². The van der Waals surface area contributed by atoms with Gasteiger partial charge in [-0.15, -0.1) is 5.10 Å². The van der Waals surface area contributed by atoms with Crippen LogP contribution in [0.15, 0.2) is 41.2 Å². The number of aromatic nitrogens is 3. The molecule has 1 N–H and O–H groups in total. The fourth-order valence-electron chi connectivity index (χ4n) is 3.23. The lowest BCUT2D eigenvalue weighted by molar-refractivity contribution is -0.123. The van der Waals surface area contributed by atoms with Crippen LogP contribution in [0.1, 0.15) is 24.4 Å². The zero-order valence-corrected chi connectivity index (χ0v) is 13.3. The van der Waals surface area contributed by atoms with E-state index >= 15 is 0 Å². The Hall–Kier alpha value is -2.15. The molecule has 118 valence electrons. The van der Waals surface area contributed by atoms with E-state index in [0.717, 1.165) is 17.7 Å². The molecule has 0 amide bonds. The number of halogens is 1. The molecule has 1 aromatic carbocycles. The summed E-state index contributed by atoms with van der Waals surface area (Å²) in [5.74, 6) is 0.187. The van der Waals surface area contributed by atoms with E-state index in [9.17, 15) is 9.18 Å². The molecule has 2 aliphatic rings. The van der Waals surface area contributed by atoms with Crippen LogP contribution < -0.4 is 5.32 Å². The van der Waals surface area contributed by atoms with E-state index in [4.69, 9.17) is 0 Å². The largest absolute Gasteiger partial charge is 0.328 e. The topological polar surface area (TPSA) is 59.8 Å². The number of allylic oxidation sites excluding steroid dienone is 2. The number of Topliss-reactive ketones (excluding diaryl/α,β-unsaturated/α-hetero) is 1. The molecule has 7 heteroatoms. The second-order valence-electron chi connectivity index (χ2n) is 5.63. The molecule has 4 rings (SSSR count). The monoisotopic (exact) mass is 330 g/mol. The summed E-state index contributed by atoms with van der Waals surface area (Å²) in [4.78, 5) is 17.0. The van der Waals surface area contributed by atoms with Gasteiger partial charge in [-0.1, -0.05) is 30.0 Å². The summed E-state index contributed by atoms with van der Waals surface area (Å²) < 4.78 is 15.0. The third-order valence-electron chi connectivity index (χ3n) is 4.28. The molecule has 1 aromatic heterocycles. The molecule has 0 radical (unpaired) electrons. The third-order valence-corrected chi connectivity index (χ3v) is 4.82. The second-order valence-corrected chi connectivity index (χ2v) is 6.40. The van der Waals surface area contributed by atoms with Crippen LogP contribution in [0.2, 0.25) is 0 Å². The van der Waals surface area contributed by atoms with Crippen molar-refractivity contribution in [3.63, 3.8) is 0 Å². The summed E-state index contributed by atoms with van der Waals surface area (Å²) in [6.07, 6.45) is 5.22. The Kier molecular flexibility index (Phi) is 3.45. The first-order chi connectivity index (χ1) is 11.2. The Morgan fingerprint density at radius 3 is 2.87 bits per heavy atom. The van der Waals surface area contributed by atoms with Crippen LogP contribution in [0.5, 0.6) is 0 Å². The molecular weight excluding hydrogens is 315 g/mol. The van der Waals surface area contributed by atoms with Crippen LogP contribution >= 0.6 is 11.8 Å². The first-order valence-electron chi connectivity index (χ1n) is 7.43. The highest BCUT2D eigenvalue weighted by molar-refractivity contribution is 7.98. The quantitative estimate of drug-likeness (QED) is 0.858. The molecule has 2 heterocycles. The zero-order chi connectivity index (χ0) is 16.0. The normalized spacial score (nSPS) is 22.9. The first kappa shape index (κ1) is 14.4. The summed E-state index contributed by atoms with van der Waals surface area (Å²) in [6.45, 7) is 0. The first-order valence-corrected chi connectivity index (χ1v) is 8.65. The number of thioether (sulfide) groups is 1. The Morgan fingerprint density at radius 2 is 2.13 bits per heavy atom. The fourth-order valence-corrected chi connectivity index (χ4v) is 3.58. The molecular formula is C16H15FN4OS. The molecule has 2 atom stereocenters. The number of rotatable bonds is 2. The minimum atomic E-state index is -0.321. The summed E-state index contributed by atoms with van der Waals surface area (Å²) in [5, 5.41) is 8.39. The molecule has 0 saturated heterocycles. The highest BCUT2D eigenvalue weighted by Crippen LogP contribution is 2.41. The van der Waals surface area contributed by atoms with Gasteiger partial charge in [0.2, 0.25) is 11.1 Å². The number of carbonyl (C=O) groups excluding carboxylic acids is 1. The van der Waals surface area contributed by atoms with Crippen molar-refractivity contribution in [1.82, 2.24) is 14.8 Å². The Morgan fingerprint density at radius 1 is 1.35 bits per heavy atom. The van der Waals surface area contributed by atoms with Crippen molar-refractivity contribution in [2.75, 3.05) is 11.6 Å². The van der Waals surface area contributed by atoms with Crippen molar-refractivity contribution in [2.24, 2.45) is 5.92 Å². The van der Waals surface area contributed by atoms with Crippen molar-refractivity contribution in [2.45, 2.75) is 24.0 Å². The number of hydrogen-bond donors (Lipinski definition) is 1. The SMILES string of the molecule is CSc1nc2n(n1)[C@H](c1ccc(F)cc1)[C@H]1C(=O)CCC=C1N2. The minimum Gasteiger partial charge on any atom is -0.328 e. The molecule has 0 unspecified atom stereocenters. The number of hydrogen-bond acceptors (Lipinski definition) is 5. The maximum absolute atomic E-state index is 13.3. The molecule has 0 fully saturated rings. The van der Waals surface area contributed by atoms with E-state index < -0.39 is 0 Å². The molecule has 0 bridgehead atoms. The van der Waals surface area contributed by atoms with Crippen molar-refractivity contribution in [3.8, 4) is 0 Å². The van der Waals surface area contributed by atoms with Gasteiger partial charge in [0.25, 0.3) is 0 Å². The van der Waals surface area contributed by atoms with Crippen molar-refractivity contribution >= 4 is 23.5 Å². The van der Waals surface area contributed by atoms with Gasteiger partial charge in [-0.25, -0.2) is 9.07 Å². The highest BCUT2D eigenvalue weighted by atomic mass is 32.2. The smallest absolute Gasteiger partial charge is 0.227 e. The summed E-state index contributed by atoms with van der Waals surface area (Å²) in [7, 11) is 0. The van der Waals surface area contributed by atoms with E-state index in [2.05, 4.69) is 21.5 Å². The van der Waals surface area contributed by atoms with E-state index in [1.165, 1.54) is 23.9 Å². The van der Waals surface area contributed by atoms with Gasteiger partial charge in [0.05, 0.1) is 12.0 Å². The van der Waals surface area contributed by atoms with E-state index in [0.29, 0.717) is 17.5 Å². The summed E-state index contributed by atoms with van der Waals surface area (Å²) in [6, 6.07) is 5.98. The Balaban J connectivity index is 1.89. The van der Waals surface area contributed by atoms with Gasteiger partial charge in [-0.3, -0.25) is 4.79 Å². The number of anilines is 1. The van der Waals surface area contributed by atoms with Gasteiger partial charge in [0, 0.05) is 12.1 Å². The fraction of sp³-hybridized carbons (Fsp3) is 0.312. The molecule has 5 nitrogen and oxygen atoms in total. The van der Waals surface area contributed by atoms with Gasteiger partial charge >= 0.3 is 0 Å². The molecule has 23 heavy (non-hydrogen) atoms. The molecule has 0 saturated carbocycles. The van der Waals surface area contributed by atoms with Crippen LogP contribution in [-0.2, 0) is 4.79 Å². The lowest BCUT2D eigenvalue weighted by Crippen LogP contribution is -2.38. The molecule has 2 aromatic rings. The molecule has 0 spiro atoms. The Bertz CT molecular complexity index is 799. The van der Waals surface area contributed by atoms with Crippen molar-refractivity contribution in [3.05, 3.63) is 47.4 Å². The number of nitrogens with zero attached hydrogens (tertiary/aromatic N) is 3. The number of nitrogens with one attached hydrogen (secondary N) is 1. The minimum absolute atomic E-state index is 0.177. The summed E-state index contributed by atoms with van der Waals surface area (Å²) >= 11 is 1.45. The van der Waals surface area contributed by atoms with Gasteiger partial charge in [-0.05, 0) is 30.4 Å². The van der Waals surface area contributed by atoms with Gasteiger partial charge in [0.1, 0.15) is 11.6 Å². The number of benzene rings is 1. The molecule has 1 aliphatic heterocycles. The number of fused-ring (bicyclic) bond motifs is 2. The van der Waals surface area contributed by atoms with Crippen LogP contribution in [0.4, 0.5) is 10.3 Å². The second kappa shape index (κ2) is 5.49. The average Bonchev–Trinajstić information content (AvgIpc) is 2.97. The Labute approximate surface area is 137 Å². The van der Waals surface area contributed by atoms with E-state index in [-0.39, 0.29) is 23.6 Å². The standard InChI is InChI=1S/C16H15FN4OS/c1-23-16-19-15-18-11-3-2-4-12(22)13(11)14(21(15)20-16)9-5-7-10(17)8-6-9/h3,5-8,13-14H,2,4H2,1H3,(H,18,19,20)/t13-,14-/m1/s1. The zero-order valence-electron chi connectivity index (χ0n) is 12.5. The number of ketones is 1. The maximum Gasteiger partial charge on any atom is 0.227 e. The van der Waals surface area contributed by atoms with Crippen LogP contribution in [0.3, 0.4) is 0 Å². The van der Waals surface area contributed by atoms with Crippen molar-refractivity contribution in [1.29, 1.82) is 0 Å². The van der Waals surface area contributed by atoms with E-state index in [1.807, 2.05) is 6.26 Å². The predicted octanol–water partition coefficient (Wildman–Crippen LogP) is 3.02. The van der Waals surface area contributed by atoms with Crippen LogP contribution in [0.25, 0.3) is 0 Å². The highest BCUT2D eigenvalue weighted by Gasteiger charge is 2.41. The van der Waals surface area contributed by atoms with Gasteiger partial charge in [-0.2, -0.15) is 4.98 Å². The van der Waals surface area contributed by atoms with Crippen LogP contribution in [-0.4, -0.2) is 26.8 Å². The lowest BCUT2D eigenvalue weighted by Gasteiger charge is -2.36. The predicted molar refractivity (Wildman–Crippen MR) is 85.8 cm³/mol. The van der Waals surface area contributed by atoms with Gasteiger partial charge < -0.3 is 5.32 Å². The third kappa shape index (κ3) is 2.35. The van der Waals surface area contributed by atoms with Crippen LogP contribution in [0, 0.1) is 11.7 Å². The maximum atomic E-state index is 13.3.